The number of rotatable bonds is 5. The molecule has 1 fully saturated rings. The third-order valence-electron chi connectivity index (χ3n) is 3.76. The number of hydrogen-bond acceptors (Lipinski definition) is 8. The van der Waals surface area contributed by atoms with Crippen LogP contribution in [0.5, 0.6) is 0 Å². The predicted octanol–water partition coefficient (Wildman–Crippen LogP) is 1.64. The van der Waals surface area contributed by atoms with Crippen LogP contribution in [-0.2, 0) is 33.3 Å². The molecule has 0 spiro atoms. The minimum atomic E-state index is -1.01. The van der Waals surface area contributed by atoms with Gasteiger partial charge >= 0.3 is 17.9 Å². The molecule has 1 aliphatic heterocycles. The van der Waals surface area contributed by atoms with Crippen LogP contribution in [-0.4, -0.2) is 48.6 Å². The molecule has 0 aromatic heterocycles. The van der Waals surface area contributed by atoms with E-state index in [0.29, 0.717) is 0 Å². The van der Waals surface area contributed by atoms with E-state index in [1.165, 1.54) is 20.8 Å². The second-order valence-corrected chi connectivity index (χ2v) is 5.99. The zero-order chi connectivity index (χ0) is 19.3. The molecule has 1 heterocycles. The number of carbonyl (C=O) groups is 3. The van der Waals surface area contributed by atoms with Crippen molar-refractivity contribution in [3.8, 4) is 0 Å². The second-order valence-electron chi connectivity index (χ2n) is 5.99. The van der Waals surface area contributed by atoms with Gasteiger partial charge in [0.15, 0.2) is 24.5 Å². The lowest BCUT2D eigenvalue weighted by Crippen LogP contribution is -2.62. The van der Waals surface area contributed by atoms with Crippen LogP contribution >= 0.6 is 0 Å². The van der Waals surface area contributed by atoms with Crippen molar-refractivity contribution in [3.63, 3.8) is 0 Å². The van der Waals surface area contributed by atoms with Gasteiger partial charge in [-0.3, -0.25) is 14.4 Å². The number of hydrogen-bond donors (Lipinski definition) is 1. The molecule has 1 aliphatic rings. The first kappa shape index (κ1) is 19.7. The van der Waals surface area contributed by atoms with Crippen molar-refractivity contribution in [2.24, 2.45) is 0 Å². The van der Waals surface area contributed by atoms with E-state index in [0.717, 1.165) is 5.69 Å². The lowest BCUT2D eigenvalue weighted by molar-refractivity contribution is -0.238. The van der Waals surface area contributed by atoms with E-state index in [1.807, 2.05) is 30.3 Å². The fourth-order valence-electron chi connectivity index (χ4n) is 2.83. The molecule has 26 heavy (non-hydrogen) atoms. The molecule has 0 amide bonds. The van der Waals surface area contributed by atoms with Crippen LogP contribution in [0.4, 0.5) is 5.69 Å². The fraction of sp³-hybridized carbons (Fsp3) is 0.500. The minimum absolute atomic E-state index is 0.557. The van der Waals surface area contributed by atoms with E-state index < -0.39 is 48.6 Å². The van der Waals surface area contributed by atoms with E-state index in [9.17, 15) is 14.4 Å². The lowest BCUT2D eigenvalue weighted by atomic mass is 9.97. The Morgan fingerprint density at radius 3 is 1.88 bits per heavy atom. The molecule has 0 saturated carbocycles. The van der Waals surface area contributed by atoms with Crippen LogP contribution in [0.1, 0.15) is 27.7 Å². The Bertz CT molecular complexity index is 648. The molecule has 1 aromatic rings. The molecule has 1 N–H and O–H groups in total. The van der Waals surface area contributed by atoms with Gasteiger partial charge in [-0.1, -0.05) is 18.2 Å². The highest BCUT2D eigenvalue weighted by atomic mass is 16.6. The Balaban J connectivity index is 2.33. The number of esters is 3. The van der Waals surface area contributed by atoms with Gasteiger partial charge in [0.2, 0.25) is 0 Å². The largest absolute Gasteiger partial charge is 0.456 e. The Labute approximate surface area is 151 Å². The third kappa shape index (κ3) is 5.19. The summed E-state index contributed by atoms with van der Waals surface area (Å²) in [6.07, 6.45) is -4.32. The normalized spacial score (nSPS) is 27.9. The first-order chi connectivity index (χ1) is 12.3. The van der Waals surface area contributed by atoms with E-state index >= 15 is 0 Å². The number of ether oxygens (including phenoxy) is 4. The molecule has 8 heteroatoms. The molecule has 5 atom stereocenters. The maximum absolute atomic E-state index is 11.6. The van der Waals surface area contributed by atoms with Crippen LogP contribution in [0, 0.1) is 0 Å². The van der Waals surface area contributed by atoms with Crippen molar-refractivity contribution in [1.29, 1.82) is 0 Å². The van der Waals surface area contributed by atoms with Gasteiger partial charge < -0.3 is 24.3 Å². The molecule has 8 nitrogen and oxygen atoms in total. The van der Waals surface area contributed by atoms with E-state index in [1.54, 1.807) is 6.92 Å². The smallest absolute Gasteiger partial charge is 0.303 e. The zero-order valence-electron chi connectivity index (χ0n) is 15.1. The molecular formula is C18H23NO7. The quantitative estimate of drug-likeness (QED) is 0.621. The topological polar surface area (TPSA) is 100 Å². The van der Waals surface area contributed by atoms with Gasteiger partial charge in [-0.2, -0.15) is 0 Å². The van der Waals surface area contributed by atoms with E-state index in [2.05, 4.69) is 5.32 Å². The van der Waals surface area contributed by atoms with Gasteiger partial charge in [0, 0.05) is 26.5 Å². The summed E-state index contributed by atoms with van der Waals surface area (Å²) in [7, 11) is 0. The van der Waals surface area contributed by atoms with E-state index in [4.69, 9.17) is 18.9 Å². The van der Waals surface area contributed by atoms with Gasteiger partial charge in [-0.15, -0.1) is 0 Å². The highest BCUT2D eigenvalue weighted by molar-refractivity contribution is 5.68. The van der Waals surface area contributed by atoms with E-state index in [-0.39, 0.29) is 0 Å². The Morgan fingerprint density at radius 2 is 1.35 bits per heavy atom. The van der Waals surface area contributed by atoms with Gasteiger partial charge in [-0.05, 0) is 19.1 Å². The van der Waals surface area contributed by atoms with Crippen LogP contribution in [0.2, 0.25) is 0 Å². The number of para-hydroxylation sites is 1. The molecule has 0 aliphatic carbocycles. The Morgan fingerprint density at radius 1 is 0.846 bits per heavy atom. The van der Waals surface area contributed by atoms with Crippen molar-refractivity contribution in [2.75, 3.05) is 5.32 Å². The first-order valence-electron chi connectivity index (χ1n) is 8.26. The van der Waals surface area contributed by atoms with Crippen LogP contribution in [0.25, 0.3) is 0 Å². The molecule has 0 bridgehead atoms. The van der Waals surface area contributed by atoms with Crippen LogP contribution in [0.3, 0.4) is 0 Å². The van der Waals surface area contributed by atoms with Gasteiger partial charge in [0.05, 0.1) is 6.10 Å². The summed E-state index contributed by atoms with van der Waals surface area (Å²) in [5.41, 5.74) is 0.731. The number of anilines is 1. The average Bonchev–Trinajstić information content (AvgIpc) is 2.54. The Hall–Kier alpha value is -2.61. The number of nitrogens with one attached hydrogen (secondary N) is 1. The molecule has 1 saturated heterocycles. The molecule has 0 radical (unpaired) electrons. The average molecular weight is 365 g/mol. The summed E-state index contributed by atoms with van der Waals surface area (Å²) in [6, 6.07) is 9.16. The van der Waals surface area contributed by atoms with Crippen molar-refractivity contribution >= 4 is 23.6 Å². The summed E-state index contributed by atoms with van der Waals surface area (Å²) >= 11 is 0. The summed E-state index contributed by atoms with van der Waals surface area (Å²) in [5, 5.41) is 3.11. The molecule has 0 unspecified atom stereocenters. The Kier molecular flexibility index (Phi) is 6.57. The maximum atomic E-state index is 11.6. The third-order valence-corrected chi connectivity index (χ3v) is 3.76. The van der Waals surface area contributed by atoms with Crippen molar-refractivity contribution in [1.82, 2.24) is 0 Å². The zero-order valence-corrected chi connectivity index (χ0v) is 15.1. The van der Waals surface area contributed by atoms with Gasteiger partial charge in [0.25, 0.3) is 0 Å². The molecule has 142 valence electrons. The summed E-state index contributed by atoms with van der Waals surface area (Å²) in [6.45, 7) is 5.40. The van der Waals surface area contributed by atoms with Crippen molar-refractivity contribution in [3.05, 3.63) is 30.3 Å². The second kappa shape index (κ2) is 8.66. The van der Waals surface area contributed by atoms with Crippen LogP contribution in [0.15, 0.2) is 30.3 Å². The monoisotopic (exact) mass is 365 g/mol. The van der Waals surface area contributed by atoms with Gasteiger partial charge in [0.1, 0.15) is 0 Å². The highest BCUT2D eigenvalue weighted by Crippen LogP contribution is 2.29. The number of benzene rings is 1. The van der Waals surface area contributed by atoms with Gasteiger partial charge in [-0.25, -0.2) is 0 Å². The minimum Gasteiger partial charge on any atom is -0.456 e. The SMILES string of the molecule is CC(=O)O[C@@H]1[C@@H](OC(C)=O)[C@H](C)O[C@@H](Nc2ccccc2)[C@@H]1OC(C)=O. The van der Waals surface area contributed by atoms with Crippen molar-refractivity contribution < 1.29 is 33.3 Å². The van der Waals surface area contributed by atoms with Crippen LogP contribution < -0.4 is 5.32 Å². The molecule has 1 aromatic carbocycles. The lowest BCUT2D eigenvalue weighted by Gasteiger charge is -2.44. The summed E-state index contributed by atoms with van der Waals surface area (Å²) in [5.74, 6) is -1.72. The molecule has 2 rings (SSSR count). The summed E-state index contributed by atoms with van der Waals surface area (Å²) < 4.78 is 21.8. The predicted molar refractivity (Wildman–Crippen MR) is 91.1 cm³/mol. The standard InChI is InChI=1S/C18H23NO7/c1-10-15(24-11(2)20)16(25-12(3)21)17(26-13(4)22)18(23-10)19-14-8-6-5-7-9-14/h5-10,15-19H,1-4H3/t10-,15-,16+,17+,18+/m0/s1. The van der Waals surface area contributed by atoms with Crippen molar-refractivity contribution in [2.45, 2.75) is 58.3 Å². The highest BCUT2D eigenvalue weighted by Gasteiger charge is 2.50. The number of carbonyl (C=O) groups excluding carboxylic acids is 3. The maximum Gasteiger partial charge on any atom is 0.303 e. The first-order valence-corrected chi connectivity index (χ1v) is 8.26. The summed E-state index contributed by atoms with van der Waals surface area (Å²) in [4.78, 5) is 34.6. The fourth-order valence-corrected chi connectivity index (χ4v) is 2.83. The molecular weight excluding hydrogens is 342 g/mol.